The number of hydrogen-bond acceptors (Lipinski definition) is 8. The van der Waals surface area contributed by atoms with Crippen molar-refractivity contribution in [1.82, 2.24) is 0 Å². The number of hydrogen-bond donors (Lipinski definition) is 2. The Labute approximate surface area is 393 Å². The fraction of sp³-hybridized carbons (Fsp3) is 0.0667. The second kappa shape index (κ2) is 17.0. The third kappa shape index (κ3) is 7.37. The van der Waals surface area contributed by atoms with Crippen LogP contribution in [-0.2, 0) is 5.41 Å². The summed E-state index contributed by atoms with van der Waals surface area (Å²) >= 11 is 0. The highest BCUT2D eigenvalue weighted by atomic mass is 16.5. The fourth-order valence-corrected chi connectivity index (χ4v) is 9.76. The second-order valence-electron chi connectivity index (χ2n) is 17.2. The monoisotopic (exact) mass is 882 g/mol. The molecule has 0 saturated heterocycles. The predicted octanol–water partition coefficient (Wildman–Crippen LogP) is 14.8. The van der Waals surface area contributed by atoms with E-state index in [1.807, 2.05) is 24.3 Å². The van der Waals surface area contributed by atoms with Gasteiger partial charge in [-0.25, -0.2) is 0 Å². The van der Waals surface area contributed by atoms with E-state index in [9.17, 15) is 10.5 Å². The molecule has 4 N–H and O–H groups in total. The summed E-state index contributed by atoms with van der Waals surface area (Å²) < 4.78 is 25.0. The van der Waals surface area contributed by atoms with Crippen LogP contribution in [0.5, 0.6) is 46.0 Å². The summed E-state index contributed by atoms with van der Waals surface area (Å²) in [5.74, 6) is 4.19. The molecule has 0 saturated carbocycles. The zero-order valence-electron chi connectivity index (χ0n) is 36.9. The molecule has 11 rings (SSSR count). The highest BCUT2D eigenvalue weighted by Crippen LogP contribution is 2.58. The molecule has 9 aromatic rings. The molecule has 8 nitrogen and oxygen atoms in total. The van der Waals surface area contributed by atoms with Crippen molar-refractivity contribution < 1.29 is 18.9 Å². The van der Waals surface area contributed by atoms with E-state index in [1.54, 1.807) is 84.9 Å². The zero-order chi connectivity index (χ0) is 46.4. The van der Waals surface area contributed by atoms with Crippen molar-refractivity contribution in [2.75, 3.05) is 11.5 Å². The van der Waals surface area contributed by atoms with Crippen molar-refractivity contribution in [3.05, 3.63) is 233 Å². The van der Waals surface area contributed by atoms with Crippen molar-refractivity contribution in [2.24, 2.45) is 5.92 Å². The molecule has 0 amide bonds. The van der Waals surface area contributed by atoms with Crippen LogP contribution in [0.1, 0.15) is 46.7 Å². The van der Waals surface area contributed by atoms with E-state index >= 15 is 0 Å². The van der Waals surface area contributed by atoms with Gasteiger partial charge in [0.05, 0.1) is 5.41 Å². The van der Waals surface area contributed by atoms with Crippen LogP contribution in [0.3, 0.4) is 0 Å². The first-order valence-corrected chi connectivity index (χ1v) is 22.4. The summed E-state index contributed by atoms with van der Waals surface area (Å²) in [4.78, 5) is 0. The van der Waals surface area contributed by atoms with E-state index in [4.69, 9.17) is 30.4 Å². The standard InChI is InChI=1S/C60H42N4O4/c1-37-18-27-55-51(28-37)50-12-2-3-13-54(50)60(55,42-23-19-40-31-48(25-21-38(40)29-42)67-58-16-6-14-56(52(58)35-61)65-46-10-4-8-44(63)33-46)43-24-20-41-32-49(26-22-39(41)30-43)68-59-17-7-15-57(53(59)36-62)66-47-11-5-9-45(64)34-47/h2-27,29-34,37H,28,63-64H2,1H3. The fourth-order valence-electron chi connectivity index (χ4n) is 9.76. The summed E-state index contributed by atoms with van der Waals surface area (Å²) in [5, 5.41) is 24.6. The number of nitrogen functional groups attached to an aromatic ring is 2. The molecule has 0 fully saturated rings. The Bertz CT molecular complexity index is 3460. The van der Waals surface area contributed by atoms with Gasteiger partial charge in [0, 0.05) is 23.5 Å². The number of anilines is 2. The van der Waals surface area contributed by atoms with Crippen LogP contribution in [-0.4, -0.2) is 0 Å². The highest BCUT2D eigenvalue weighted by molar-refractivity contribution is 5.93. The normalized spacial score (nSPS) is 14.4. The molecule has 2 aliphatic carbocycles. The maximum atomic E-state index is 10.2. The Morgan fingerprint density at radius 3 is 1.41 bits per heavy atom. The first-order valence-electron chi connectivity index (χ1n) is 22.4. The smallest absolute Gasteiger partial charge is 0.149 e. The van der Waals surface area contributed by atoms with Gasteiger partial charge in [0.25, 0.3) is 0 Å². The molecule has 68 heavy (non-hydrogen) atoms. The molecule has 0 heterocycles. The molecule has 2 aliphatic rings. The van der Waals surface area contributed by atoms with Gasteiger partial charge in [0.15, 0.2) is 0 Å². The number of nitrogens with two attached hydrogens (primary N) is 2. The van der Waals surface area contributed by atoms with Crippen LogP contribution in [0.15, 0.2) is 200 Å². The predicted molar refractivity (Wildman–Crippen MR) is 268 cm³/mol. The average Bonchev–Trinajstić information content (AvgIpc) is 3.64. The number of fused-ring (bicyclic) bond motifs is 4. The molecule has 0 aromatic heterocycles. The summed E-state index contributed by atoms with van der Waals surface area (Å²) in [6, 6.07) is 63.6. The van der Waals surface area contributed by atoms with Gasteiger partial charge in [0.2, 0.25) is 0 Å². The minimum absolute atomic E-state index is 0.282. The van der Waals surface area contributed by atoms with Crippen LogP contribution in [0.4, 0.5) is 11.4 Å². The number of rotatable bonds is 10. The first-order chi connectivity index (χ1) is 33.3. The van der Waals surface area contributed by atoms with Crippen molar-refractivity contribution >= 4 is 38.5 Å². The van der Waals surface area contributed by atoms with E-state index in [-0.39, 0.29) is 11.1 Å². The maximum absolute atomic E-state index is 10.2. The molecule has 0 radical (unpaired) electrons. The molecule has 8 heteroatoms. The van der Waals surface area contributed by atoms with Crippen LogP contribution < -0.4 is 30.4 Å². The van der Waals surface area contributed by atoms with Crippen LogP contribution in [0.2, 0.25) is 0 Å². The molecule has 0 spiro atoms. The number of nitriles is 2. The zero-order valence-corrected chi connectivity index (χ0v) is 36.9. The van der Waals surface area contributed by atoms with E-state index in [2.05, 4.69) is 104 Å². The van der Waals surface area contributed by atoms with Crippen LogP contribution in [0, 0.1) is 28.6 Å². The summed E-state index contributed by atoms with van der Waals surface area (Å²) in [6.45, 7) is 2.28. The number of allylic oxidation sites excluding steroid dienone is 4. The lowest BCUT2D eigenvalue weighted by atomic mass is 9.65. The number of nitrogens with zero attached hydrogens (tertiary/aromatic N) is 2. The van der Waals surface area contributed by atoms with Crippen molar-refractivity contribution in [3.8, 4) is 58.1 Å². The largest absolute Gasteiger partial charge is 0.456 e. The molecular formula is C60H42N4O4. The topological polar surface area (TPSA) is 137 Å². The van der Waals surface area contributed by atoms with Gasteiger partial charge in [-0.2, -0.15) is 10.5 Å². The molecule has 0 aliphatic heterocycles. The molecule has 0 bridgehead atoms. The molecular weight excluding hydrogens is 841 g/mol. The van der Waals surface area contributed by atoms with E-state index < -0.39 is 5.41 Å². The SMILES string of the molecule is CC1C=CC2=C(C1)c1ccccc1C2(c1ccc2cc(Oc3cccc(Oc4cccc(N)c4)c3C#N)ccc2c1)c1ccc2cc(Oc3cccc(Oc4cccc(N)c4)c3C#N)ccc2c1. The Morgan fingerprint density at radius 2 is 0.926 bits per heavy atom. The molecule has 1 atom stereocenters. The summed E-state index contributed by atoms with van der Waals surface area (Å²) in [5.41, 5.74) is 20.5. The number of ether oxygens (including phenoxy) is 4. The Hall–Kier alpha value is -9.24. The third-order valence-corrected chi connectivity index (χ3v) is 12.8. The second-order valence-corrected chi connectivity index (χ2v) is 17.2. The van der Waals surface area contributed by atoms with Gasteiger partial charge in [-0.15, -0.1) is 0 Å². The first kappa shape index (κ1) is 41.5. The number of benzene rings is 9. The van der Waals surface area contributed by atoms with Crippen LogP contribution >= 0.6 is 0 Å². The van der Waals surface area contributed by atoms with Crippen molar-refractivity contribution in [3.63, 3.8) is 0 Å². The van der Waals surface area contributed by atoms with Gasteiger partial charge < -0.3 is 30.4 Å². The summed E-state index contributed by atoms with van der Waals surface area (Å²) in [6.07, 6.45) is 5.63. The minimum Gasteiger partial charge on any atom is -0.456 e. The van der Waals surface area contributed by atoms with Gasteiger partial charge in [-0.1, -0.05) is 104 Å². The Morgan fingerprint density at radius 1 is 0.485 bits per heavy atom. The molecule has 1 unspecified atom stereocenters. The highest BCUT2D eigenvalue weighted by Gasteiger charge is 2.47. The van der Waals surface area contributed by atoms with Gasteiger partial charge in [0.1, 0.15) is 69.3 Å². The molecule has 326 valence electrons. The van der Waals surface area contributed by atoms with Gasteiger partial charge in [-0.3, -0.25) is 0 Å². The maximum Gasteiger partial charge on any atom is 0.149 e. The lowest BCUT2D eigenvalue weighted by Crippen LogP contribution is -2.29. The third-order valence-electron chi connectivity index (χ3n) is 12.8. The lowest BCUT2D eigenvalue weighted by molar-refractivity contribution is 0.457. The average molecular weight is 883 g/mol. The Kier molecular flexibility index (Phi) is 10.3. The summed E-state index contributed by atoms with van der Waals surface area (Å²) in [7, 11) is 0. The van der Waals surface area contributed by atoms with Gasteiger partial charge >= 0.3 is 0 Å². The van der Waals surface area contributed by atoms with E-state index in [0.29, 0.717) is 63.3 Å². The van der Waals surface area contributed by atoms with Gasteiger partial charge in [-0.05, 0) is 152 Å². The van der Waals surface area contributed by atoms with Crippen molar-refractivity contribution in [2.45, 2.75) is 18.8 Å². The van der Waals surface area contributed by atoms with E-state index in [0.717, 1.165) is 39.1 Å². The Balaban J connectivity index is 0.957. The quantitative estimate of drug-likeness (QED) is 0.130. The minimum atomic E-state index is -0.619. The molecule has 9 aromatic carbocycles. The van der Waals surface area contributed by atoms with Crippen molar-refractivity contribution in [1.29, 1.82) is 10.5 Å². The van der Waals surface area contributed by atoms with Crippen LogP contribution in [0.25, 0.3) is 27.1 Å². The van der Waals surface area contributed by atoms with E-state index in [1.165, 1.54) is 22.3 Å². The lowest BCUT2D eigenvalue weighted by Gasteiger charge is -2.36.